The lowest BCUT2D eigenvalue weighted by molar-refractivity contribution is 0.0710. The Kier molecular flexibility index (Phi) is 7.67. The molecule has 2 aliphatic heterocycles. The molecule has 0 saturated carbocycles. The van der Waals surface area contributed by atoms with Gasteiger partial charge in [0.05, 0.1) is 22.7 Å². The van der Waals surface area contributed by atoms with E-state index in [4.69, 9.17) is 4.98 Å². The van der Waals surface area contributed by atoms with Gasteiger partial charge in [-0.3, -0.25) is 4.79 Å². The molecular formula is C34H34FN5O. The van der Waals surface area contributed by atoms with Gasteiger partial charge in [0.25, 0.3) is 5.91 Å². The van der Waals surface area contributed by atoms with Gasteiger partial charge >= 0.3 is 0 Å². The maximum Gasteiger partial charge on any atom is 0.254 e. The van der Waals surface area contributed by atoms with E-state index >= 15 is 0 Å². The number of carbonyl (C=O) groups excluding carboxylic acids is 1. The Balaban J connectivity index is 1.36. The number of likely N-dealkylation sites (tertiary alicyclic amines) is 2. The van der Waals surface area contributed by atoms with Crippen LogP contribution in [-0.2, 0) is 6.54 Å². The van der Waals surface area contributed by atoms with Gasteiger partial charge in [0.1, 0.15) is 11.6 Å². The SMILES string of the molecule is Cc1cc(CNc2cc(C(=O)N3CCC[C@H]3CN3CCCC3)c3cc(-c4ccc(C#N)cc4)ccc3n2)ccc1F. The van der Waals surface area contributed by atoms with E-state index in [9.17, 15) is 14.4 Å². The third-order valence-corrected chi connectivity index (χ3v) is 8.39. The van der Waals surface area contributed by atoms with Gasteiger partial charge in [0.15, 0.2) is 0 Å². The molecule has 0 aliphatic carbocycles. The van der Waals surface area contributed by atoms with E-state index in [-0.39, 0.29) is 17.8 Å². The van der Waals surface area contributed by atoms with E-state index in [0.717, 1.165) is 66.6 Å². The van der Waals surface area contributed by atoms with E-state index < -0.39 is 0 Å². The number of amides is 1. The number of nitrogens with zero attached hydrogens (tertiary/aromatic N) is 4. The van der Waals surface area contributed by atoms with Crippen molar-refractivity contribution < 1.29 is 9.18 Å². The number of nitriles is 1. The molecular weight excluding hydrogens is 513 g/mol. The lowest BCUT2D eigenvalue weighted by Gasteiger charge is -2.29. The average Bonchev–Trinajstić information content (AvgIpc) is 3.69. The second-order valence-electron chi connectivity index (χ2n) is 11.2. The van der Waals surface area contributed by atoms with Crippen molar-refractivity contribution in [2.45, 2.75) is 45.2 Å². The number of hydrogen-bond acceptors (Lipinski definition) is 5. The average molecular weight is 548 g/mol. The Bertz CT molecular complexity index is 1620. The zero-order valence-electron chi connectivity index (χ0n) is 23.4. The molecule has 41 heavy (non-hydrogen) atoms. The van der Waals surface area contributed by atoms with Gasteiger partial charge in [-0.05, 0) is 104 Å². The van der Waals surface area contributed by atoms with Gasteiger partial charge < -0.3 is 15.1 Å². The van der Waals surface area contributed by atoms with Gasteiger partial charge in [-0.1, -0.05) is 30.3 Å². The number of aromatic nitrogens is 1. The van der Waals surface area contributed by atoms with Crippen LogP contribution in [0.15, 0.2) is 66.7 Å². The number of aryl methyl sites for hydroxylation is 1. The number of halogens is 1. The zero-order valence-corrected chi connectivity index (χ0v) is 23.4. The van der Waals surface area contributed by atoms with Gasteiger partial charge in [0.2, 0.25) is 0 Å². The van der Waals surface area contributed by atoms with Crippen molar-refractivity contribution in [3.8, 4) is 17.2 Å². The third kappa shape index (κ3) is 5.79. The van der Waals surface area contributed by atoms with Gasteiger partial charge in [0, 0.05) is 31.1 Å². The molecule has 2 fully saturated rings. The van der Waals surface area contributed by atoms with Crippen molar-refractivity contribution in [2.75, 3.05) is 31.5 Å². The Morgan fingerprint density at radius 3 is 2.54 bits per heavy atom. The summed E-state index contributed by atoms with van der Waals surface area (Å²) in [7, 11) is 0. The molecule has 6 rings (SSSR count). The molecule has 2 saturated heterocycles. The summed E-state index contributed by atoms with van der Waals surface area (Å²) in [6.07, 6.45) is 4.50. The lowest BCUT2D eigenvalue weighted by Crippen LogP contribution is -2.42. The first-order valence-corrected chi connectivity index (χ1v) is 14.5. The van der Waals surface area contributed by atoms with Crippen LogP contribution in [0.4, 0.5) is 10.2 Å². The number of carbonyl (C=O) groups is 1. The van der Waals surface area contributed by atoms with Crippen LogP contribution in [-0.4, -0.2) is 52.9 Å². The molecule has 1 N–H and O–H groups in total. The molecule has 2 aliphatic rings. The summed E-state index contributed by atoms with van der Waals surface area (Å²) in [5.41, 5.74) is 5.47. The summed E-state index contributed by atoms with van der Waals surface area (Å²) in [5, 5.41) is 13.4. The standard InChI is InChI=1S/C34H34FN5O/c1-23-17-25(8-12-31(23)35)21-37-33-19-30(34(41)40-16-4-5-28(40)22-39-14-2-3-15-39)29-18-27(11-13-32(29)38-33)26-9-6-24(20-36)7-10-26/h6-13,17-19,28H,2-5,14-16,21-22H2,1H3,(H,37,38)/t28-/m0/s1. The normalized spacial score (nSPS) is 17.2. The molecule has 3 heterocycles. The van der Waals surface area contributed by atoms with Crippen LogP contribution in [0.1, 0.15) is 52.7 Å². The van der Waals surface area contributed by atoms with Crippen LogP contribution in [0.3, 0.4) is 0 Å². The number of hydrogen-bond donors (Lipinski definition) is 1. The van der Waals surface area contributed by atoms with E-state index in [1.54, 1.807) is 25.1 Å². The Hall–Kier alpha value is -4.28. The van der Waals surface area contributed by atoms with E-state index in [2.05, 4.69) is 21.2 Å². The number of rotatable bonds is 7. The predicted molar refractivity (Wildman–Crippen MR) is 160 cm³/mol. The minimum Gasteiger partial charge on any atom is -0.366 e. The highest BCUT2D eigenvalue weighted by atomic mass is 19.1. The molecule has 4 aromatic rings. The molecule has 1 amide bonds. The maximum absolute atomic E-state index is 14.3. The van der Waals surface area contributed by atoms with Crippen molar-refractivity contribution in [3.05, 3.63) is 94.8 Å². The monoisotopic (exact) mass is 547 g/mol. The smallest absolute Gasteiger partial charge is 0.254 e. The number of anilines is 1. The molecule has 0 bridgehead atoms. The summed E-state index contributed by atoms with van der Waals surface area (Å²) in [5.74, 6) is 0.429. The van der Waals surface area contributed by atoms with Crippen molar-refractivity contribution in [3.63, 3.8) is 0 Å². The number of pyridine rings is 1. The summed E-state index contributed by atoms with van der Waals surface area (Å²) < 4.78 is 13.8. The highest BCUT2D eigenvalue weighted by Gasteiger charge is 2.32. The van der Waals surface area contributed by atoms with Crippen LogP contribution in [0.5, 0.6) is 0 Å². The molecule has 0 radical (unpaired) electrons. The molecule has 208 valence electrons. The lowest BCUT2D eigenvalue weighted by atomic mass is 9.99. The van der Waals surface area contributed by atoms with Crippen LogP contribution >= 0.6 is 0 Å². The summed E-state index contributed by atoms with van der Waals surface area (Å²) >= 11 is 0. The topological polar surface area (TPSA) is 72.3 Å². The first kappa shape index (κ1) is 26.9. The quantitative estimate of drug-likeness (QED) is 0.285. The fourth-order valence-corrected chi connectivity index (χ4v) is 6.13. The Morgan fingerprint density at radius 1 is 1.00 bits per heavy atom. The first-order valence-electron chi connectivity index (χ1n) is 14.5. The fraction of sp³-hybridized carbons (Fsp3) is 0.324. The van der Waals surface area contributed by atoms with Crippen molar-refractivity contribution in [1.82, 2.24) is 14.8 Å². The number of nitrogens with one attached hydrogen (secondary N) is 1. The number of benzene rings is 3. The van der Waals surface area contributed by atoms with Crippen LogP contribution in [0, 0.1) is 24.1 Å². The minimum absolute atomic E-state index is 0.0387. The third-order valence-electron chi connectivity index (χ3n) is 8.39. The first-order chi connectivity index (χ1) is 20.0. The second kappa shape index (κ2) is 11.7. The number of fused-ring (bicyclic) bond motifs is 1. The minimum atomic E-state index is -0.224. The summed E-state index contributed by atoms with van der Waals surface area (Å²) in [6, 6.07) is 22.8. The van der Waals surface area contributed by atoms with E-state index in [1.807, 2.05) is 42.5 Å². The molecule has 6 nitrogen and oxygen atoms in total. The van der Waals surface area contributed by atoms with Gasteiger partial charge in [-0.2, -0.15) is 5.26 Å². The van der Waals surface area contributed by atoms with E-state index in [0.29, 0.717) is 29.1 Å². The maximum atomic E-state index is 14.3. The molecule has 7 heteroatoms. The molecule has 0 spiro atoms. The van der Waals surface area contributed by atoms with Gasteiger partial charge in [-0.15, -0.1) is 0 Å². The van der Waals surface area contributed by atoms with Crippen LogP contribution in [0.2, 0.25) is 0 Å². The Labute approximate surface area is 240 Å². The highest BCUT2D eigenvalue weighted by molar-refractivity contribution is 6.08. The summed E-state index contributed by atoms with van der Waals surface area (Å²) in [6.45, 7) is 6.14. The fourth-order valence-electron chi connectivity index (χ4n) is 6.13. The Morgan fingerprint density at radius 2 is 1.78 bits per heavy atom. The molecule has 1 atom stereocenters. The highest BCUT2D eigenvalue weighted by Crippen LogP contribution is 2.31. The van der Waals surface area contributed by atoms with E-state index in [1.165, 1.54) is 18.9 Å². The molecule has 0 unspecified atom stereocenters. The largest absolute Gasteiger partial charge is 0.366 e. The molecule has 1 aromatic heterocycles. The summed E-state index contributed by atoms with van der Waals surface area (Å²) in [4.78, 5) is 23.7. The van der Waals surface area contributed by atoms with Crippen LogP contribution < -0.4 is 5.32 Å². The van der Waals surface area contributed by atoms with Crippen LogP contribution in [0.25, 0.3) is 22.0 Å². The molecule has 3 aromatic carbocycles. The zero-order chi connectivity index (χ0) is 28.3. The van der Waals surface area contributed by atoms with Crippen molar-refractivity contribution in [1.29, 1.82) is 5.26 Å². The van der Waals surface area contributed by atoms with Crippen molar-refractivity contribution in [2.24, 2.45) is 0 Å². The second-order valence-corrected chi connectivity index (χ2v) is 11.2. The van der Waals surface area contributed by atoms with Crippen molar-refractivity contribution >= 4 is 22.6 Å². The van der Waals surface area contributed by atoms with Gasteiger partial charge in [-0.25, -0.2) is 9.37 Å². The predicted octanol–water partition coefficient (Wildman–Crippen LogP) is 6.53.